The van der Waals surface area contributed by atoms with Crippen LogP contribution >= 0.6 is 0 Å². The fraction of sp³-hybridized carbons (Fsp3) is 0.467. The van der Waals surface area contributed by atoms with Crippen LogP contribution in [0, 0.1) is 6.92 Å². The number of rotatable bonds is 3. The lowest BCUT2D eigenvalue weighted by Gasteiger charge is -2.22. The summed E-state index contributed by atoms with van der Waals surface area (Å²) >= 11 is 0. The molecular formula is C15H20N4O. The van der Waals surface area contributed by atoms with Crippen LogP contribution in [0.15, 0.2) is 18.2 Å². The number of aryl methyl sites for hydroxylation is 2. The predicted molar refractivity (Wildman–Crippen MR) is 76.4 cm³/mol. The third kappa shape index (κ3) is 2.41. The Labute approximate surface area is 118 Å². The number of ether oxygens (including phenoxy) is 1. The second kappa shape index (κ2) is 5.25. The largest absolute Gasteiger partial charge is 0.486 e. The average molecular weight is 272 g/mol. The van der Waals surface area contributed by atoms with Crippen LogP contribution in [0.5, 0.6) is 5.75 Å². The molecule has 3 rings (SSSR count). The zero-order chi connectivity index (χ0) is 14.1. The summed E-state index contributed by atoms with van der Waals surface area (Å²) in [4.78, 5) is 0. The highest BCUT2D eigenvalue weighted by molar-refractivity contribution is 5.39. The quantitative estimate of drug-likeness (QED) is 0.928. The molecule has 1 heterocycles. The van der Waals surface area contributed by atoms with Gasteiger partial charge in [-0.25, -0.2) is 0 Å². The van der Waals surface area contributed by atoms with Crippen molar-refractivity contribution < 1.29 is 4.74 Å². The van der Waals surface area contributed by atoms with Crippen LogP contribution in [-0.4, -0.2) is 14.8 Å². The highest BCUT2D eigenvalue weighted by Crippen LogP contribution is 2.31. The van der Waals surface area contributed by atoms with Crippen LogP contribution in [0.3, 0.4) is 0 Å². The number of fused-ring (bicyclic) bond motifs is 1. The molecule has 0 amide bonds. The van der Waals surface area contributed by atoms with E-state index in [2.05, 4.69) is 22.3 Å². The van der Waals surface area contributed by atoms with Gasteiger partial charge in [0.25, 0.3) is 0 Å². The van der Waals surface area contributed by atoms with E-state index in [0.29, 0.717) is 6.61 Å². The van der Waals surface area contributed by atoms with Gasteiger partial charge in [-0.3, -0.25) is 0 Å². The van der Waals surface area contributed by atoms with Gasteiger partial charge in [-0.2, -0.15) is 0 Å². The minimum atomic E-state index is 0.138. The molecule has 0 saturated carbocycles. The Hall–Kier alpha value is -1.88. The van der Waals surface area contributed by atoms with Crippen LogP contribution < -0.4 is 10.5 Å². The molecule has 2 aromatic rings. The molecule has 2 N–H and O–H groups in total. The first-order chi connectivity index (χ1) is 9.65. The molecule has 1 aliphatic carbocycles. The monoisotopic (exact) mass is 272 g/mol. The molecular weight excluding hydrogens is 252 g/mol. The van der Waals surface area contributed by atoms with Crippen molar-refractivity contribution in [2.75, 3.05) is 0 Å². The van der Waals surface area contributed by atoms with E-state index in [1.165, 1.54) is 17.5 Å². The maximum absolute atomic E-state index is 6.17. The Bertz CT molecular complexity index is 620. The molecule has 0 radical (unpaired) electrons. The van der Waals surface area contributed by atoms with Gasteiger partial charge < -0.3 is 15.0 Å². The number of nitrogens with zero attached hydrogens (tertiary/aromatic N) is 3. The SMILES string of the molecule is Cc1nnc(COc2ccc3c(c2)C(N)CCC3)n1C. The standard InChI is InChI=1S/C15H20N4O/c1-10-17-18-15(19(10)2)9-20-12-7-6-11-4-3-5-14(16)13(11)8-12/h6-8,14H,3-5,9,16H2,1-2H3. The molecule has 1 aromatic carbocycles. The minimum absolute atomic E-state index is 0.138. The highest BCUT2D eigenvalue weighted by Gasteiger charge is 2.17. The molecule has 0 fully saturated rings. The van der Waals surface area contributed by atoms with E-state index in [1.54, 1.807) is 0 Å². The zero-order valence-corrected chi connectivity index (χ0v) is 12.0. The molecule has 0 saturated heterocycles. The maximum atomic E-state index is 6.17. The molecule has 20 heavy (non-hydrogen) atoms. The third-order valence-electron chi connectivity index (χ3n) is 4.03. The number of hydrogen-bond donors (Lipinski definition) is 1. The van der Waals surface area contributed by atoms with Crippen molar-refractivity contribution in [2.45, 2.75) is 38.8 Å². The van der Waals surface area contributed by atoms with Crippen LogP contribution in [0.25, 0.3) is 0 Å². The van der Waals surface area contributed by atoms with E-state index in [4.69, 9.17) is 10.5 Å². The summed E-state index contributed by atoms with van der Waals surface area (Å²) in [6.45, 7) is 2.35. The Morgan fingerprint density at radius 2 is 2.25 bits per heavy atom. The third-order valence-corrected chi connectivity index (χ3v) is 4.03. The van der Waals surface area contributed by atoms with Crippen LogP contribution in [-0.2, 0) is 20.1 Å². The van der Waals surface area contributed by atoms with E-state index in [0.717, 1.165) is 30.2 Å². The Morgan fingerprint density at radius 1 is 1.40 bits per heavy atom. The van der Waals surface area contributed by atoms with E-state index in [1.807, 2.05) is 24.6 Å². The Morgan fingerprint density at radius 3 is 3.00 bits per heavy atom. The molecule has 5 nitrogen and oxygen atoms in total. The van der Waals surface area contributed by atoms with Crippen molar-refractivity contribution in [1.82, 2.24) is 14.8 Å². The van der Waals surface area contributed by atoms with Crippen molar-refractivity contribution in [3.05, 3.63) is 41.0 Å². The second-order valence-electron chi connectivity index (χ2n) is 5.37. The van der Waals surface area contributed by atoms with E-state index < -0.39 is 0 Å². The summed E-state index contributed by atoms with van der Waals surface area (Å²) in [6, 6.07) is 6.35. The number of aromatic nitrogens is 3. The predicted octanol–water partition coefficient (Wildman–Crippen LogP) is 2.04. The smallest absolute Gasteiger partial charge is 0.170 e. The normalized spacial score (nSPS) is 17.9. The van der Waals surface area contributed by atoms with Crippen LogP contribution in [0.4, 0.5) is 0 Å². The number of nitrogens with two attached hydrogens (primary N) is 1. The summed E-state index contributed by atoms with van der Waals surface area (Å²) in [5.41, 5.74) is 8.75. The van der Waals surface area contributed by atoms with E-state index in [-0.39, 0.29) is 6.04 Å². The average Bonchev–Trinajstić information content (AvgIpc) is 2.77. The van der Waals surface area contributed by atoms with E-state index >= 15 is 0 Å². The van der Waals surface area contributed by atoms with Gasteiger partial charge in [-0.05, 0) is 49.4 Å². The molecule has 1 unspecified atom stereocenters. The van der Waals surface area contributed by atoms with Crippen molar-refractivity contribution in [3.8, 4) is 5.75 Å². The van der Waals surface area contributed by atoms with Crippen LogP contribution in [0.2, 0.25) is 0 Å². The molecule has 1 aromatic heterocycles. The van der Waals surface area contributed by atoms with Crippen molar-refractivity contribution in [1.29, 1.82) is 0 Å². The van der Waals surface area contributed by atoms with Gasteiger partial charge in [-0.1, -0.05) is 6.07 Å². The first-order valence-corrected chi connectivity index (χ1v) is 7.01. The van der Waals surface area contributed by atoms with Gasteiger partial charge in [0, 0.05) is 13.1 Å². The first kappa shape index (κ1) is 13.1. The summed E-state index contributed by atoms with van der Waals surface area (Å²) in [5, 5.41) is 8.12. The van der Waals surface area contributed by atoms with Crippen molar-refractivity contribution in [2.24, 2.45) is 12.8 Å². The van der Waals surface area contributed by atoms with Gasteiger partial charge in [0.05, 0.1) is 0 Å². The van der Waals surface area contributed by atoms with E-state index in [9.17, 15) is 0 Å². The fourth-order valence-electron chi connectivity index (χ4n) is 2.63. The number of hydrogen-bond acceptors (Lipinski definition) is 4. The Kier molecular flexibility index (Phi) is 3.44. The lowest BCUT2D eigenvalue weighted by molar-refractivity contribution is 0.290. The minimum Gasteiger partial charge on any atom is -0.486 e. The maximum Gasteiger partial charge on any atom is 0.170 e. The molecule has 0 aliphatic heterocycles. The van der Waals surface area contributed by atoms with Gasteiger partial charge in [-0.15, -0.1) is 10.2 Å². The molecule has 5 heteroatoms. The van der Waals surface area contributed by atoms with Crippen LogP contribution in [0.1, 0.15) is 41.7 Å². The highest BCUT2D eigenvalue weighted by atomic mass is 16.5. The zero-order valence-electron chi connectivity index (χ0n) is 12.0. The molecule has 1 aliphatic rings. The first-order valence-electron chi connectivity index (χ1n) is 7.01. The van der Waals surface area contributed by atoms with Gasteiger partial charge >= 0.3 is 0 Å². The topological polar surface area (TPSA) is 66.0 Å². The summed E-state index contributed by atoms with van der Waals surface area (Å²) in [6.07, 6.45) is 3.34. The summed E-state index contributed by atoms with van der Waals surface area (Å²) in [5.74, 6) is 2.56. The fourth-order valence-corrected chi connectivity index (χ4v) is 2.63. The molecule has 1 atom stereocenters. The second-order valence-corrected chi connectivity index (χ2v) is 5.37. The van der Waals surface area contributed by atoms with Gasteiger partial charge in [0.1, 0.15) is 18.2 Å². The molecule has 0 bridgehead atoms. The van der Waals surface area contributed by atoms with Gasteiger partial charge in [0.15, 0.2) is 5.82 Å². The number of benzene rings is 1. The summed E-state index contributed by atoms with van der Waals surface area (Å²) in [7, 11) is 1.94. The van der Waals surface area contributed by atoms with Gasteiger partial charge in [0.2, 0.25) is 0 Å². The lowest BCUT2D eigenvalue weighted by Crippen LogP contribution is -2.17. The Balaban J connectivity index is 1.75. The van der Waals surface area contributed by atoms with Crippen molar-refractivity contribution >= 4 is 0 Å². The molecule has 106 valence electrons. The summed E-state index contributed by atoms with van der Waals surface area (Å²) < 4.78 is 7.76. The van der Waals surface area contributed by atoms with Crippen molar-refractivity contribution in [3.63, 3.8) is 0 Å². The molecule has 0 spiro atoms. The lowest BCUT2D eigenvalue weighted by atomic mass is 9.88.